The van der Waals surface area contributed by atoms with Gasteiger partial charge >= 0.3 is 0 Å². The Hall–Kier alpha value is -4.62. The van der Waals surface area contributed by atoms with Crippen molar-refractivity contribution in [1.29, 1.82) is 0 Å². The van der Waals surface area contributed by atoms with Gasteiger partial charge in [-0.05, 0) is 67.8 Å². The molecular weight excluding hydrogens is 581 g/mol. The van der Waals surface area contributed by atoms with Crippen LogP contribution < -0.4 is 14.9 Å². The number of furan rings is 1. The monoisotopic (exact) mass is 615 g/mol. The molecule has 0 spiro atoms. The summed E-state index contributed by atoms with van der Waals surface area (Å²) in [5.41, 5.74) is 1.96. The molecule has 0 aliphatic heterocycles. The Labute approximate surface area is 256 Å². The number of anilines is 1. The first-order valence-corrected chi connectivity index (χ1v) is 16.3. The maximum atomic E-state index is 13.7. The molecule has 4 aromatic rings. The van der Waals surface area contributed by atoms with E-state index in [0.717, 1.165) is 25.5 Å². The van der Waals surface area contributed by atoms with Gasteiger partial charge in [-0.15, -0.1) is 6.42 Å². The lowest BCUT2D eigenvalue weighted by Gasteiger charge is -2.33. The number of benzene rings is 3. The average molecular weight is 616 g/mol. The summed E-state index contributed by atoms with van der Waals surface area (Å²) in [7, 11) is -2.25. The Bertz CT molecular complexity index is 1880. The van der Waals surface area contributed by atoms with E-state index < -0.39 is 27.3 Å². The number of sulfonamides is 1. The fourth-order valence-corrected chi connectivity index (χ4v) is 6.86. The second kappa shape index (κ2) is 12.2. The highest BCUT2D eigenvalue weighted by molar-refractivity contribution is 7.92. The van der Waals surface area contributed by atoms with Gasteiger partial charge in [0, 0.05) is 41.7 Å². The number of nitrogens with zero attached hydrogens (tertiary/aromatic N) is 1. The SMILES string of the molecule is C#CC1(NC(=O)c2cccc(-c3cc4c(C(=O)NC)c(-c5ccc(F)cc5)oc4cc3N(CC)S(C)(=O)=O)c2)CCCCC1. The standard InChI is InChI=1S/C34H34FN3O5S/c1-5-34(17-8-7-9-18-34)37-32(39)24-12-10-11-23(19-24)26-20-27-29(21-28(26)38(6-2)44(4,41)42)43-31(30(27)33(40)36-3)22-13-15-25(35)16-14-22/h1,10-16,19-21H,6-9,17-18H2,2-4H3,(H,36,40)(H,37,39). The summed E-state index contributed by atoms with van der Waals surface area (Å²) >= 11 is 0. The number of halogens is 1. The second-order valence-electron chi connectivity index (χ2n) is 11.0. The number of amides is 2. The number of rotatable bonds is 8. The summed E-state index contributed by atoms with van der Waals surface area (Å²) in [5, 5.41) is 6.12. The van der Waals surface area contributed by atoms with E-state index in [2.05, 4.69) is 16.6 Å². The predicted molar refractivity (Wildman–Crippen MR) is 170 cm³/mol. The van der Waals surface area contributed by atoms with Crippen LogP contribution in [0.2, 0.25) is 0 Å². The minimum absolute atomic E-state index is 0.121. The van der Waals surface area contributed by atoms with E-state index >= 15 is 0 Å². The summed E-state index contributed by atoms with van der Waals surface area (Å²) in [5.74, 6) is 1.82. The molecule has 1 aromatic heterocycles. The van der Waals surface area contributed by atoms with Crippen LogP contribution in [0.4, 0.5) is 10.1 Å². The van der Waals surface area contributed by atoms with E-state index in [1.54, 1.807) is 43.3 Å². The Morgan fingerprint density at radius 2 is 1.73 bits per heavy atom. The highest BCUT2D eigenvalue weighted by Gasteiger charge is 2.32. The van der Waals surface area contributed by atoms with Gasteiger partial charge in [-0.2, -0.15) is 0 Å². The van der Waals surface area contributed by atoms with E-state index in [4.69, 9.17) is 10.8 Å². The number of hydrogen-bond acceptors (Lipinski definition) is 5. The summed E-state index contributed by atoms with van der Waals surface area (Å²) in [6, 6.07) is 15.7. The van der Waals surface area contributed by atoms with Gasteiger partial charge in [0.15, 0.2) is 0 Å². The van der Waals surface area contributed by atoms with Gasteiger partial charge in [0.2, 0.25) is 10.0 Å². The van der Waals surface area contributed by atoms with Gasteiger partial charge in [0.25, 0.3) is 11.8 Å². The first-order valence-electron chi connectivity index (χ1n) is 14.5. The number of carbonyl (C=O) groups excluding carboxylic acids is 2. The predicted octanol–water partition coefficient (Wildman–Crippen LogP) is 6.12. The Kier molecular flexibility index (Phi) is 8.53. The van der Waals surface area contributed by atoms with Crippen molar-refractivity contribution in [3.05, 3.63) is 77.6 Å². The third kappa shape index (κ3) is 5.92. The largest absolute Gasteiger partial charge is 0.455 e. The van der Waals surface area contributed by atoms with Crippen LogP contribution in [0.5, 0.6) is 0 Å². The fourth-order valence-electron chi connectivity index (χ4n) is 5.89. The molecule has 1 heterocycles. The highest BCUT2D eigenvalue weighted by Crippen LogP contribution is 2.42. The van der Waals surface area contributed by atoms with Crippen LogP contribution in [0.25, 0.3) is 33.4 Å². The third-order valence-electron chi connectivity index (χ3n) is 8.10. The summed E-state index contributed by atoms with van der Waals surface area (Å²) in [6.07, 6.45) is 11.3. The summed E-state index contributed by atoms with van der Waals surface area (Å²) < 4.78 is 47.0. The van der Waals surface area contributed by atoms with Gasteiger partial charge < -0.3 is 15.1 Å². The van der Waals surface area contributed by atoms with E-state index in [-0.39, 0.29) is 29.4 Å². The Morgan fingerprint density at radius 1 is 1.02 bits per heavy atom. The minimum Gasteiger partial charge on any atom is -0.455 e. The lowest BCUT2D eigenvalue weighted by Crippen LogP contribution is -2.48. The zero-order valence-corrected chi connectivity index (χ0v) is 25.7. The van der Waals surface area contributed by atoms with Gasteiger partial charge in [-0.3, -0.25) is 13.9 Å². The smallest absolute Gasteiger partial charge is 0.255 e. The van der Waals surface area contributed by atoms with Crippen LogP contribution in [-0.2, 0) is 10.0 Å². The van der Waals surface area contributed by atoms with Gasteiger partial charge in [0.1, 0.15) is 22.7 Å². The van der Waals surface area contributed by atoms with Crippen molar-refractivity contribution in [2.24, 2.45) is 0 Å². The Balaban J connectivity index is 1.71. The molecule has 8 nitrogen and oxygen atoms in total. The molecule has 10 heteroatoms. The molecule has 2 N–H and O–H groups in total. The molecule has 1 saturated carbocycles. The van der Waals surface area contributed by atoms with E-state index in [1.165, 1.54) is 35.6 Å². The molecule has 0 atom stereocenters. The van der Waals surface area contributed by atoms with Crippen molar-refractivity contribution >= 4 is 38.5 Å². The Morgan fingerprint density at radius 3 is 2.34 bits per heavy atom. The quantitative estimate of drug-likeness (QED) is 0.232. The highest BCUT2D eigenvalue weighted by atomic mass is 32.2. The second-order valence-corrected chi connectivity index (χ2v) is 12.9. The maximum Gasteiger partial charge on any atom is 0.255 e. The molecule has 0 bridgehead atoms. The van der Waals surface area contributed by atoms with E-state index in [9.17, 15) is 22.4 Å². The molecule has 0 radical (unpaired) electrons. The van der Waals surface area contributed by atoms with Crippen LogP contribution >= 0.6 is 0 Å². The van der Waals surface area contributed by atoms with Crippen LogP contribution in [0.1, 0.15) is 59.7 Å². The summed E-state index contributed by atoms with van der Waals surface area (Å²) in [4.78, 5) is 26.7. The van der Waals surface area contributed by atoms with Crippen molar-refractivity contribution < 1.29 is 26.8 Å². The number of fused-ring (bicyclic) bond motifs is 1. The zero-order valence-electron chi connectivity index (χ0n) is 24.9. The van der Waals surface area contributed by atoms with Crippen LogP contribution in [0, 0.1) is 18.2 Å². The number of hydrogen-bond donors (Lipinski definition) is 2. The van der Waals surface area contributed by atoms with Crippen molar-refractivity contribution in [3.63, 3.8) is 0 Å². The number of terminal acetylenes is 1. The van der Waals surface area contributed by atoms with Crippen LogP contribution in [-0.4, -0.2) is 45.6 Å². The molecule has 3 aromatic carbocycles. The maximum absolute atomic E-state index is 13.7. The van der Waals surface area contributed by atoms with Gasteiger partial charge in [0.05, 0.1) is 17.5 Å². The summed E-state index contributed by atoms with van der Waals surface area (Å²) in [6.45, 7) is 1.83. The first kappa shape index (κ1) is 30.8. The average Bonchev–Trinajstić information content (AvgIpc) is 3.39. The van der Waals surface area contributed by atoms with Crippen LogP contribution in [0.3, 0.4) is 0 Å². The van der Waals surface area contributed by atoms with Crippen molar-refractivity contribution in [1.82, 2.24) is 10.6 Å². The molecule has 0 unspecified atom stereocenters. The van der Waals surface area contributed by atoms with Gasteiger partial charge in [-0.1, -0.05) is 37.3 Å². The number of nitrogens with one attached hydrogen (secondary N) is 2. The molecule has 228 valence electrons. The lowest BCUT2D eigenvalue weighted by molar-refractivity contribution is 0.0902. The van der Waals surface area contributed by atoms with Crippen LogP contribution in [0.15, 0.2) is 65.1 Å². The molecule has 1 fully saturated rings. The molecule has 2 amide bonds. The first-order chi connectivity index (χ1) is 21.0. The molecular formula is C34H34FN3O5S. The van der Waals surface area contributed by atoms with Crippen molar-refractivity contribution in [3.8, 4) is 34.8 Å². The molecule has 0 saturated heterocycles. The molecule has 5 rings (SSSR count). The normalized spacial score (nSPS) is 14.5. The topological polar surface area (TPSA) is 109 Å². The molecule has 44 heavy (non-hydrogen) atoms. The third-order valence-corrected chi connectivity index (χ3v) is 9.35. The molecule has 1 aliphatic carbocycles. The fraction of sp³-hybridized carbons (Fsp3) is 0.294. The lowest BCUT2D eigenvalue weighted by atomic mass is 9.82. The van der Waals surface area contributed by atoms with E-state index in [1.807, 2.05) is 0 Å². The van der Waals surface area contributed by atoms with Crippen molar-refractivity contribution in [2.45, 2.75) is 44.6 Å². The number of carbonyl (C=O) groups is 2. The minimum atomic E-state index is -3.74. The zero-order chi connectivity index (χ0) is 31.6. The van der Waals surface area contributed by atoms with Crippen molar-refractivity contribution in [2.75, 3.05) is 24.2 Å². The molecule has 1 aliphatic rings. The van der Waals surface area contributed by atoms with Gasteiger partial charge in [-0.25, -0.2) is 12.8 Å². The van der Waals surface area contributed by atoms with E-state index in [0.29, 0.717) is 46.2 Å².